The average molecular weight is 289 g/mol. The van der Waals surface area contributed by atoms with Crippen LogP contribution in [0.25, 0.3) is 0 Å². The summed E-state index contributed by atoms with van der Waals surface area (Å²) in [6.07, 6.45) is 0.962. The molecule has 2 aromatic carbocycles. The topological polar surface area (TPSA) is 46.2 Å². The molecule has 0 bridgehead atoms. The highest BCUT2D eigenvalue weighted by Gasteiger charge is 2.16. The van der Waals surface area contributed by atoms with Crippen LogP contribution in [0, 0.1) is 0 Å². The highest BCUT2D eigenvalue weighted by atomic mass is 32.2. The lowest BCUT2D eigenvalue weighted by Crippen LogP contribution is -2.14. The molecule has 2 rings (SSSR count). The van der Waals surface area contributed by atoms with Gasteiger partial charge in [0, 0.05) is 0 Å². The Morgan fingerprint density at radius 1 is 1.00 bits per heavy atom. The summed E-state index contributed by atoms with van der Waals surface area (Å²) in [7, 11) is -3.53. The van der Waals surface area contributed by atoms with Crippen molar-refractivity contribution in [2.24, 2.45) is 0 Å². The van der Waals surface area contributed by atoms with Crippen molar-refractivity contribution in [3.8, 4) is 0 Å². The van der Waals surface area contributed by atoms with E-state index in [9.17, 15) is 8.42 Å². The number of para-hydroxylation sites is 1. The number of benzene rings is 2. The molecule has 1 N–H and O–H groups in total. The highest BCUT2D eigenvalue weighted by molar-refractivity contribution is 7.92. The largest absolute Gasteiger partial charge is 0.279 e. The summed E-state index contributed by atoms with van der Waals surface area (Å²) in [5, 5.41) is 0. The van der Waals surface area contributed by atoms with Crippen molar-refractivity contribution in [2.75, 3.05) is 4.72 Å². The van der Waals surface area contributed by atoms with Crippen molar-refractivity contribution in [2.45, 2.75) is 31.1 Å². The molecule has 0 heterocycles. The van der Waals surface area contributed by atoms with Crippen molar-refractivity contribution >= 4 is 15.7 Å². The molecule has 0 radical (unpaired) electrons. The van der Waals surface area contributed by atoms with Gasteiger partial charge < -0.3 is 0 Å². The molecule has 20 heavy (non-hydrogen) atoms. The zero-order chi connectivity index (χ0) is 14.6. The van der Waals surface area contributed by atoms with Gasteiger partial charge in [0.25, 0.3) is 10.0 Å². The van der Waals surface area contributed by atoms with Gasteiger partial charge in [-0.3, -0.25) is 4.72 Å². The molecule has 0 saturated carbocycles. The summed E-state index contributed by atoms with van der Waals surface area (Å²) in [5.41, 5.74) is 1.68. The normalized spacial score (nSPS) is 12.9. The van der Waals surface area contributed by atoms with Gasteiger partial charge in [-0.05, 0) is 36.1 Å². The van der Waals surface area contributed by atoms with Crippen molar-refractivity contribution in [3.63, 3.8) is 0 Å². The second-order valence-electron chi connectivity index (χ2n) is 4.82. The molecule has 0 amide bonds. The predicted molar refractivity (Wildman–Crippen MR) is 82.4 cm³/mol. The third-order valence-electron chi connectivity index (χ3n) is 3.40. The third-order valence-corrected chi connectivity index (χ3v) is 4.78. The van der Waals surface area contributed by atoms with E-state index in [1.165, 1.54) is 0 Å². The van der Waals surface area contributed by atoms with Gasteiger partial charge in [0.1, 0.15) is 0 Å². The molecule has 1 unspecified atom stereocenters. The van der Waals surface area contributed by atoms with Crippen LogP contribution in [0.1, 0.15) is 31.7 Å². The van der Waals surface area contributed by atoms with Gasteiger partial charge in [0.2, 0.25) is 0 Å². The predicted octanol–water partition coefficient (Wildman–Crippen LogP) is 4.00. The maximum absolute atomic E-state index is 12.4. The lowest BCUT2D eigenvalue weighted by Gasteiger charge is -2.16. The fourth-order valence-corrected chi connectivity index (χ4v) is 3.15. The quantitative estimate of drug-likeness (QED) is 0.904. The van der Waals surface area contributed by atoms with Crippen LogP contribution >= 0.6 is 0 Å². The Balaban J connectivity index is 2.36. The number of hydrogen-bond acceptors (Lipinski definition) is 2. The Labute approximate surface area is 120 Å². The SMILES string of the molecule is CCC(C)c1ccccc1NS(=O)(=O)c1ccccc1. The minimum absolute atomic E-state index is 0.277. The van der Waals surface area contributed by atoms with Gasteiger partial charge in [-0.25, -0.2) is 8.42 Å². The van der Waals surface area contributed by atoms with E-state index in [0.29, 0.717) is 11.6 Å². The van der Waals surface area contributed by atoms with E-state index in [1.54, 1.807) is 30.3 Å². The molecule has 0 aliphatic rings. The van der Waals surface area contributed by atoms with Crippen molar-refractivity contribution in [3.05, 3.63) is 60.2 Å². The molecular weight excluding hydrogens is 270 g/mol. The summed E-state index contributed by atoms with van der Waals surface area (Å²) in [6, 6.07) is 16.0. The first-order chi connectivity index (χ1) is 9.54. The summed E-state index contributed by atoms with van der Waals surface area (Å²) in [6.45, 7) is 4.18. The van der Waals surface area contributed by atoms with Gasteiger partial charge >= 0.3 is 0 Å². The van der Waals surface area contributed by atoms with Crippen molar-refractivity contribution in [1.29, 1.82) is 0 Å². The smallest absolute Gasteiger partial charge is 0.261 e. The molecule has 0 spiro atoms. The maximum Gasteiger partial charge on any atom is 0.261 e. The van der Waals surface area contributed by atoms with Crippen LogP contribution in [0.2, 0.25) is 0 Å². The number of hydrogen-bond donors (Lipinski definition) is 1. The Hall–Kier alpha value is -1.81. The van der Waals surface area contributed by atoms with Gasteiger partial charge in [-0.1, -0.05) is 50.2 Å². The first kappa shape index (κ1) is 14.6. The van der Waals surface area contributed by atoms with Gasteiger partial charge in [-0.15, -0.1) is 0 Å². The fourth-order valence-electron chi connectivity index (χ4n) is 2.04. The molecule has 106 valence electrons. The van der Waals surface area contributed by atoms with E-state index in [1.807, 2.05) is 24.3 Å². The number of anilines is 1. The number of sulfonamides is 1. The highest BCUT2D eigenvalue weighted by Crippen LogP contribution is 2.28. The molecule has 0 aliphatic carbocycles. The zero-order valence-electron chi connectivity index (χ0n) is 11.7. The van der Waals surface area contributed by atoms with Crippen molar-refractivity contribution < 1.29 is 8.42 Å². The third kappa shape index (κ3) is 3.20. The van der Waals surface area contributed by atoms with Gasteiger partial charge in [0.05, 0.1) is 10.6 Å². The second kappa shape index (κ2) is 6.09. The van der Waals surface area contributed by atoms with Gasteiger partial charge in [0.15, 0.2) is 0 Å². The summed E-state index contributed by atoms with van der Waals surface area (Å²) < 4.78 is 27.4. The molecule has 3 nitrogen and oxygen atoms in total. The fraction of sp³-hybridized carbons (Fsp3) is 0.250. The Morgan fingerprint density at radius 3 is 2.25 bits per heavy atom. The van der Waals surface area contributed by atoms with Crippen LogP contribution in [0.4, 0.5) is 5.69 Å². The maximum atomic E-state index is 12.4. The standard InChI is InChI=1S/C16H19NO2S/c1-3-13(2)15-11-7-8-12-16(15)17-20(18,19)14-9-5-4-6-10-14/h4-13,17H,3H2,1-2H3. The molecule has 0 fully saturated rings. The lowest BCUT2D eigenvalue weighted by atomic mass is 9.97. The summed E-state index contributed by atoms with van der Waals surface area (Å²) >= 11 is 0. The minimum Gasteiger partial charge on any atom is -0.279 e. The van der Waals surface area contributed by atoms with Crippen LogP contribution in [0.15, 0.2) is 59.5 Å². The zero-order valence-corrected chi connectivity index (χ0v) is 12.5. The van der Waals surface area contributed by atoms with Crippen LogP contribution in [-0.2, 0) is 10.0 Å². The molecule has 0 saturated heterocycles. The first-order valence-electron chi connectivity index (χ1n) is 6.71. The monoisotopic (exact) mass is 289 g/mol. The van der Waals surface area contributed by atoms with E-state index in [0.717, 1.165) is 12.0 Å². The van der Waals surface area contributed by atoms with Crippen LogP contribution in [-0.4, -0.2) is 8.42 Å². The van der Waals surface area contributed by atoms with Gasteiger partial charge in [-0.2, -0.15) is 0 Å². The van der Waals surface area contributed by atoms with E-state index in [2.05, 4.69) is 18.6 Å². The molecule has 2 aromatic rings. The lowest BCUT2D eigenvalue weighted by molar-refractivity contribution is 0.601. The van der Waals surface area contributed by atoms with E-state index in [4.69, 9.17) is 0 Å². The number of rotatable bonds is 5. The van der Waals surface area contributed by atoms with E-state index < -0.39 is 10.0 Å². The van der Waals surface area contributed by atoms with E-state index in [-0.39, 0.29) is 4.90 Å². The van der Waals surface area contributed by atoms with Crippen LogP contribution < -0.4 is 4.72 Å². The molecule has 1 atom stereocenters. The number of nitrogens with one attached hydrogen (secondary N) is 1. The summed E-state index contributed by atoms with van der Waals surface area (Å²) in [4.78, 5) is 0.277. The Bertz CT molecular complexity index is 666. The average Bonchev–Trinajstić information content (AvgIpc) is 2.47. The molecule has 0 aromatic heterocycles. The van der Waals surface area contributed by atoms with Crippen molar-refractivity contribution in [1.82, 2.24) is 0 Å². The Kier molecular flexibility index (Phi) is 4.45. The van der Waals surface area contributed by atoms with E-state index >= 15 is 0 Å². The molecular formula is C16H19NO2S. The Morgan fingerprint density at radius 2 is 1.60 bits per heavy atom. The molecule has 4 heteroatoms. The van der Waals surface area contributed by atoms with Crippen LogP contribution in [0.5, 0.6) is 0 Å². The first-order valence-corrected chi connectivity index (χ1v) is 8.19. The minimum atomic E-state index is -3.53. The van der Waals surface area contributed by atoms with Crippen LogP contribution in [0.3, 0.4) is 0 Å². The molecule has 0 aliphatic heterocycles. The summed E-state index contributed by atoms with van der Waals surface area (Å²) in [5.74, 6) is 0.310. The second-order valence-corrected chi connectivity index (χ2v) is 6.50.